The number of hydrogen-bond acceptors (Lipinski definition) is 6. The lowest BCUT2D eigenvalue weighted by Gasteiger charge is -2.26. The minimum atomic E-state index is -3.03. The first-order valence-electron chi connectivity index (χ1n) is 9.55. The normalized spacial score (nSPS) is 18.0. The molecule has 0 saturated carbocycles. The number of sulfone groups is 1. The number of benzene rings is 1. The van der Waals surface area contributed by atoms with E-state index in [1.165, 1.54) is 11.3 Å². The Kier molecular flexibility index (Phi) is 5.85. The van der Waals surface area contributed by atoms with Crippen LogP contribution in [0.4, 0.5) is 0 Å². The first kappa shape index (κ1) is 20.3. The third kappa shape index (κ3) is 4.44. The molecule has 1 aliphatic rings. The van der Waals surface area contributed by atoms with Crippen molar-refractivity contribution in [3.05, 3.63) is 52.7 Å². The summed E-state index contributed by atoms with van der Waals surface area (Å²) in [5.41, 5.74) is 1.88. The number of thiophene rings is 1. The number of rotatable bonds is 6. The van der Waals surface area contributed by atoms with Crippen molar-refractivity contribution in [1.82, 2.24) is 9.88 Å². The maximum absolute atomic E-state index is 13.1. The molecule has 0 bridgehead atoms. The van der Waals surface area contributed by atoms with Crippen LogP contribution in [0.25, 0.3) is 21.1 Å². The van der Waals surface area contributed by atoms with E-state index in [0.29, 0.717) is 13.0 Å². The molecule has 0 radical (unpaired) electrons. The van der Waals surface area contributed by atoms with Gasteiger partial charge in [-0.2, -0.15) is 0 Å². The molecule has 1 atom stereocenters. The molecular weight excluding hydrogens is 424 g/mol. The van der Waals surface area contributed by atoms with Gasteiger partial charge in [0.25, 0.3) is 0 Å². The molecule has 3 aromatic rings. The van der Waals surface area contributed by atoms with Gasteiger partial charge in [-0.15, -0.1) is 22.7 Å². The third-order valence-electron chi connectivity index (χ3n) is 5.09. The van der Waals surface area contributed by atoms with E-state index in [1.54, 1.807) is 16.2 Å². The first-order chi connectivity index (χ1) is 14.0. The van der Waals surface area contributed by atoms with Crippen molar-refractivity contribution in [1.29, 1.82) is 0 Å². The Morgan fingerprint density at radius 1 is 1.21 bits per heavy atom. The minimum Gasteiger partial charge on any atom is -0.339 e. The van der Waals surface area contributed by atoms with E-state index >= 15 is 0 Å². The van der Waals surface area contributed by atoms with Crippen molar-refractivity contribution < 1.29 is 13.2 Å². The number of carbonyl (C=O) groups is 1. The Bertz CT molecular complexity index is 1090. The number of carbonyl (C=O) groups excluding carboxylic acids is 1. The van der Waals surface area contributed by atoms with Gasteiger partial charge in [0.2, 0.25) is 5.91 Å². The molecule has 1 aromatic carbocycles. The number of amides is 1. The molecule has 0 unspecified atom stereocenters. The van der Waals surface area contributed by atoms with Gasteiger partial charge in [-0.1, -0.05) is 36.4 Å². The molecule has 1 amide bonds. The average Bonchev–Trinajstić information content (AvgIpc) is 3.43. The molecule has 152 valence electrons. The number of hydrogen-bond donors (Lipinski definition) is 0. The standard InChI is InChI=1S/C21H22N2O3S3/c1-2-23(16-10-12-29(25,26)14-16)19(24)13-18-20(17-9-6-11-27-17)22-21(28-18)15-7-4-3-5-8-15/h3-9,11,16H,2,10,12-14H2,1H3/t16-/m1/s1. The monoisotopic (exact) mass is 446 g/mol. The Balaban J connectivity index is 1.63. The Hall–Kier alpha value is -2.03. The number of aromatic nitrogens is 1. The summed E-state index contributed by atoms with van der Waals surface area (Å²) in [6.07, 6.45) is 0.764. The largest absolute Gasteiger partial charge is 0.339 e. The van der Waals surface area contributed by atoms with Crippen LogP contribution in [0.3, 0.4) is 0 Å². The van der Waals surface area contributed by atoms with Gasteiger partial charge in [-0.25, -0.2) is 13.4 Å². The SMILES string of the molecule is CCN(C(=O)Cc1sc(-c2ccccc2)nc1-c1cccs1)[C@@H]1CCS(=O)(=O)C1. The summed E-state index contributed by atoms with van der Waals surface area (Å²) in [5, 5.41) is 2.90. The van der Waals surface area contributed by atoms with E-state index in [2.05, 4.69) is 0 Å². The van der Waals surface area contributed by atoms with Crippen LogP contribution in [0.5, 0.6) is 0 Å². The van der Waals surface area contributed by atoms with Crippen LogP contribution in [0, 0.1) is 0 Å². The Labute approximate surface area is 179 Å². The fourth-order valence-electron chi connectivity index (χ4n) is 3.68. The van der Waals surface area contributed by atoms with Crippen LogP contribution in [-0.4, -0.2) is 48.3 Å². The van der Waals surface area contributed by atoms with Gasteiger partial charge in [0, 0.05) is 23.0 Å². The summed E-state index contributed by atoms with van der Waals surface area (Å²) in [4.78, 5) is 21.7. The van der Waals surface area contributed by atoms with E-state index in [-0.39, 0.29) is 29.9 Å². The lowest BCUT2D eigenvalue weighted by atomic mass is 10.1. The van der Waals surface area contributed by atoms with Crippen molar-refractivity contribution in [3.8, 4) is 21.1 Å². The van der Waals surface area contributed by atoms with Crippen LogP contribution < -0.4 is 0 Å². The summed E-state index contributed by atoms with van der Waals surface area (Å²) in [6.45, 7) is 2.42. The van der Waals surface area contributed by atoms with Crippen molar-refractivity contribution in [2.24, 2.45) is 0 Å². The molecule has 1 fully saturated rings. The van der Waals surface area contributed by atoms with E-state index < -0.39 is 9.84 Å². The Morgan fingerprint density at radius 2 is 2.00 bits per heavy atom. The predicted octanol–water partition coefficient (Wildman–Crippen LogP) is 4.12. The van der Waals surface area contributed by atoms with Crippen LogP contribution in [0.15, 0.2) is 47.8 Å². The smallest absolute Gasteiger partial charge is 0.228 e. The van der Waals surface area contributed by atoms with Crippen LogP contribution in [0.2, 0.25) is 0 Å². The quantitative estimate of drug-likeness (QED) is 0.571. The molecule has 1 saturated heterocycles. The second kappa shape index (κ2) is 8.38. The van der Waals surface area contributed by atoms with E-state index in [4.69, 9.17) is 4.98 Å². The molecule has 0 spiro atoms. The minimum absolute atomic E-state index is 0.0318. The fraction of sp³-hybridized carbons (Fsp3) is 0.333. The topological polar surface area (TPSA) is 67.3 Å². The molecule has 0 aliphatic carbocycles. The summed E-state index contributed by atoms with van der Waals surface area (Å²) in [5.74, 6) is 0.207. The molecule has 1 aliphatic heterocycles. The second-order valence-electron chi connectivity index (χ2n) is 7.05. The lowest BCUT2D eigenvalue weighted by Crippen LogP contribution is -2.41. The highest BCUT2D eigenvalue weighted by atomic mass is 32.2. The molecule has 4 rings (SSSR count). The van der Waals surface area contributed by atoms with Gasteiger partial charge in [0.15, 0.2) is 9.84 Å². The molecular formula is C21H22N2O3S3. The maximum Gasteiger partial charge on any atom is 0.228 e. The summed E-state index contributed by atoms with van der Waals surface area (Å²) < 4.78 is 23.7. The highest BCUT2D eigenvalue weighted by Crippen LogP contribution is 2.36. The zero-order valence-electron chi connectivity index (χ0n) is 16.1. The van der Waals surface area contributed by atoms with Gasteiger partial charge >= 0.3 is 0 Å². The number of likely N-dealkylation sites (N-methyl/N-ethyl adjacent to an activating group) is 1. The second-order valence-corrected chi connectivity index (χ2v) is 11.3. The van der Waals surface area contributed by atoms with E-state index in [1.807, 2.05) is 54.8 Å². The fourth-order valence-corrected chi connectivity index (χ4v) is 7.29. The highest BCUT2D eigenvalue weighted by molar-refractivity contribution is 7.91. The van der Waals surface area contributed by atoms with Gasteiger partial charge < -0.3 is 4.90 Å². The molecule has 29 heavy (non-hydrogen) atoms. The molecule has 8 heteroatoms. The summed E-state index contributed by atoms with van der Waals surface area (Å²) >= 11 is 3.14. The highest BCUT2D eigenvalue weighted by Gasteiger charge is 2.34. The predicted molar refractivity (Wildman–Crippen MR) is 119 cm³/mol. The maximum atomic E-state index is 13.1. The summed E-state index contributed by atoms with van der Waals surface area (Å²) in [6, 6.07) is 13.7. The van der Waals surface area contributed by atoms with E-state index in [0.717, 1.165) is 26.0 Å². The molecule has 3 heterocycles. The zero-order valence-corrected chi connectivity index (χ0v) is 18.5. The van der Waals surface area contributed by atoms with Gasteiger partial charge in [-0.3, -0.25) is 4.79 Å². The van der Waals surface area contributed by atoms with Gasteiger partial charge in [-0.05, 0) is 24.8 Å². The third-order valence-corrected chi connectivity index (χ3v) is 8.83. The molecule has 2 aromatic heterocycles. The first-order valence-corrected chi connectivity index (χ1v) is 13.1. The number of thiazole rings is 1. The van der Waals surface area contributed by atoms with E-state index in [9.17, 15) is 13.2 Å². The van der Waals surface area contributed by atoms with Gasteiger partial charge in [0.1, 0.15) is 5.01 Å². The zero-order chi connectivity index (χ0) is 20.4. The number of nitrogens with zero attached hydrogens (tertiary/aromatic N) is 2. The van der Waals surface area contributed by atoms with Crippen molar-refractivity contribution in [2.45, 2.75) is 25.8 Å². The Morgan fingerprint density at radius 3 is 2.62 bits per heavy atom. The van der Waals surface area contributed by atoms with Crippen LogP contribution in [-0.2, 0) is 21.1 Å². The van der Waals surface area contributed by atoms with Crippen LogP contribution in [0.1, 0.15) is 18.2 Å². The molecule has 0 N–H and O–H groups in total. The lowest BCUT2D eigenvalue weighted by molar-refractivity contribution is -0.132. The molecule has 5 nitrogen and oxygen atoms in total. The van der Waals surface area contributed by atoms with Gasteiger partial charge in [0.05, 0.1) is 28.5 Å². The van der Waals surface area contributed by atoms with Crippen molar-refractivity contribution >= 4 is 38.4 Å². The van der Waals surface area contributed by atoms with Crippen LogP contribution >= 0.6 is 22.7 Å². The van der Waals surface area contributed by atoms with Crippen molar-refractivity contribution in [2.75, 3.05) is 18.1 Å². The summed E-state index contributed by atoms with van der Waals surface area (Å²) in [7, 11) is -3.03. The van der Waals surface area contributed by atoms with Crippen molar-refractivity contribution in [3.63, 3.8) is 0 Å². The average molecular weight is 447 g/mol.